The van der Waals surface area contributed by atoms with Gasteiger partial charge < -0.3 is 18.8 Å². The van der Waals surface area contributed by atoms with Gasteiger partial charge in [-0.15, -0.1) is 0 Å². The number of ether oxygens (including phenoxy) is 1. The number of hydrogen-bond donors (Lipinski definition) is 1. The standard InChI is InChI=1S/C21H25NO5/c1-12-19(13(2)27-22-12)20(24)17-11-15-10-14(6-8-16(15)25-17)7-9-18(23)26-21(3,4)5/h6,8,10-11,20,24H,7,9H2,1-5H3. The van der Waals surface area contributed by atoms with Gasteiger partial charge in [-0.25, -0.2) is 0 Å². The van der Waals surface area contributed by atoms with Crippen LogP contribution in [0, 0.1) is 13.8 Å². The van der Waals surface area contributed by atoms with E-state index in [9.17, 15) is 9.90 Å². The molecule has 1 unspecified atom stereocenters. The monoisotopic (exact) mass is 371 g/mol. The number of esters is 1. The van der Waals surface area contributed by atoms with E-state index in [1.807, 2.05) is 45.0 Å². The zero-order valence-electron chi connectivity index (χ0n) is 16.3. The second-order valence-electron chi connectivity index (χ2n) is 7.75. The fourth-order valence-electron chi connectivity index (χ4n) is 3.07. The van der Waals surface area contributed by atoms with Crippen LogP contribution in [0.2, 0.25) is 0 Å². The highest BCUT2D eigenvalue weighted by atomic mass is 16.6. The number of carbonyl (C=O) groups excluding carboxylic acids is 1. The summed E-state index contributed by atoms with van der Waals surface area (Å²) in [4.78, 5) is 11.9. The summed E-state index contributed by atoms with van der Waals surface area (Å²) in [6.07, 6.45) is -0.0404. The van der Waals surface area contributed by atoms with Gasteiger partial charge in [0.05, 0.1) is 11.3 Å². The van der Waals surface area contributed by atoms with Crippen molar-refractivity contribution >= 4 is 16.9 Å². The predicted octanol–water partition coefficient (Wildman–Crippen LogP) is 4.39. The largest absolute Gasteiger partial charge is 0.460 e. The maximum absolute atomic E-state index is 11.9. The first-order chi connectivity index (χ1) is 12.6. The molecule has 0 bridgehead atoms. The van der Waals surface area contributed by atoms with Gasteiger partial charge in [0.1, 0.15) is 28.8 Å². The fourth-order valence-corrected chi connectivity index (χ4v) is 3.07. The highest BCUT2D eigenvalue weighted by Crippen LogP contribution is 2.32. The van der Waals surface area contributed by atoms with Gasteiger partial charge in [-0.1, -0.05) is 11.2 Å². The molecule has 0 spiro atoms. The first kappa shape index (κ1) is 19.2. The van der Waals surface area contributed by atoms with Crippen LogP contribution in [0.15, 0.2) is 33.2 Å². The summed E-state index contributed by atoms with van der Waals surface area (Å²) in [5.74, 6) is 0.784. The second kappa shape index (κ2) is 7.19. The van der Waals surface area contributed by atoms with Crippen LogP contribution in [0.5, 0.6) is 0 Å². The highest BCUT2D eigenvalue weighted by molar-refractivity contribution is 5.79. The number of aliphatic hydroxyl groups is 1. The Morgan fingerprint density at radius 2 is 2.00 bits per heavy atom. The minimum absolute atomic E-state index is 0.218. The molecule has 1 N–H and O–H groups in total. The summed E-state index contributed by atoms with van der Waals surface area (Å²) in [6.45, 7) is 9.11. The van der Waals surface area contributed by atoms with Crippen LogP contribution in [0.25, 0.3) is 11.0 Å². The van der Waals surface area contributed by atoms with Gasteiger partial charge in [0.25, 0.3) is 0 Å². The van der Waals surface area contributed by atoms with Crippen LogP contribution in [-0.4, -0.2) is 21.8 Å². The summed E-state index contributed by atoms with van der Waals surface area (Å²) >= 11 is 0. The summed E-state index contributed by atoms with van der Waals surface area (Å²) in [5, 5.41) is 15.4. The molecule has 0 aliphatic rings. The SMILES string of the molecule is Cc1noc(C)c1C(O)c1cc2cc(CCC(=O)OC(C)(C)C)ccc2o1. The molecule has 1 atom stereocenters. The van der Waals surface area contributed by atoms with E-state index in [4.69, 9.17) is 13.7 Å². The molecule has 1 aromatic carbocycles. The number of fused-ring (bicyclic) bond motifs is 1. The lowest BCUT2D eigenvalue weighted by Crippen LogP contribution is -2.23. The van der Waals surface area contributed by atoms with Gasteiger partial charge in [-0.3, -0.25) is 4.79 Å². The number of nitrogens with zero attached hydrogens (tertiary/aromatic N) is 1. The number of aliphatic hydroxyl groups excluding tert-OH is 1. The third kappa shape index (κ3) is 4.39. The average Bonchev–Trinajstić information content (AvgIpc) is 3.13. The highest BCUT2D eigenvalue weighted by Gasteiger charge is 2.23. The van der Waals surface area contributed by atoms with Crippen molar-refractivity contribution in [2.75, 3.05) is 0 Å². The Bertz CT molecular complexity index is 941. The quantitative estimate of drug-likeness (QED) is 0.669. The van der Waals surface area contributed by atoms with Crippen LogP contribution in [-0.2, 0) is 16.0 Å². The van der Waals surface area contributed by atoms with Crippen LogP contribution in [0.1, 0.15) is 61.6 Å². The van der Waals surface area contributed by atoms with Crippen LogP contribution >= 0.6 is 0 Å². The Morgan fingerprint density at radius 3 is 2.63 bits per heavy atom. The molecule has 6 heteroatoms. The predicted molar refractivity (Wildman–Crippen MR) is 100 cm³/mol. The number of rotatable bonds is 5. The molecule has 2 aromatic heterocycles. The zero-order chi connectivity index (χ0) is 19.8. The van der Waals surface area contributed by atoms with Gasteiger partial charge in [-0.05, 0) is 64.8 Å². The molecule has 0 saturated heterocycles. The van der Waals surface area contributed by atoms with Crippen molar-refractivity contribution in [2.45, 2.75) is 59.2 Å². The molecule has 0 amide bonds. The first-order valence-electron chi connectivity index (χ1n) is 8.99. The van der Waals surface area contributed by atoms with Gasteiger partial charge in [0.15, 0.2) is 0 Å². The third-order valence-electron chi connectivity index (χ3n) is 4.27. The Kier molecular flexibility index (Phi) is 5.11. The lowest BCUT2D eigenvalue weighted by molar-refractivity contribution is -0.154. The third-order valence-corrected chi connectivity index (χ3v) is 4.27. The zero-order valence-corrected chi connectivity index (χ0v) is 16.3. The number of hydrogen-bond acceptors (Lipinski definition) is 6. The van der Waals surface area contributed by atoms with E-state index in [1.54, 1.807) is 13.8 Å². The van der Waals surface area contributed by atoms with E-state index in [0.29, 0.717) is 41.2 Å². The van der Waals surface area contributed by atoms with E-state index in [1.165, 1.54) is 0 Å². The van der Waals surface area contributed by atoms with Crippen LogP contribution in [0.4, 0.5) is 0 Å². The maximum Gasteiger partial charge on any atom is 0.306 e. The molecule has 0 radical (unpaired) electrons. The molecule has 27 heavy (non-hydrogen) atoms. The van der Waals surface area contributed by atoms with E-state index in [-0.39, 0.29) is 5.97 Å². The van der Waals surface area contributed by atoms with Crippen LogP contribution < -0.4 is 0 Å². The van der Waals surface area contributed by atoms with Crippen molar-refractivity contribution in [3.8, 4) is 0 Å². The Labute approximate surface area is 158 Å². The lowest BCUT2D eigenvalue weighted by Gasteiger charge is -2.19. The molecule has 0 saturated carbocycles. The van der Waals surface area contributed by atoms with Crippen molar-refractivity contribution in [1.82, 2.24) is 5.16 Å². The number of aromatic nitrogens is 1. The van der Waals surface area contributed by atoms with E-state index in [0.717, 1.165) is 10.9 Å². The number of benzene rings is 1. The summed E-state index contributed by atoms with van der Waals surface area (Å²) in [5.41, 5.74) is 2.47. The summed E-state index contributed by atoms with van der Waals surface area (Å²) < 4.78 is 16.3. The smallest absolute Gasteiger partial charge is 0.306 e. The summed E-state index contributed by atoms with van der Waals surface area (Å²) in [7, 11) is 0. The second-order valence-corrected chi connectivity index (χ2v) is 7.75. The van der Waals surface area contributed by atoms with E-state index in [2.05, 4.69) is 5.16 Å². The molecule has 144 valence electrons. The minimum Gasteiger partial charge on any atom is -0.460 e. The Morgan fingerprint density at radius 1 is 1.26 bits per heavy atom. The Balaban J connectivity index is 1.76. The van der Waals surface area contributed by atoms with Crippen LogP contribution in [0.3, 0.4) is 0 Å². The average molecular weight is 371 g/mol. The van der Waals surface area contributed by atoms with Gasteiger partial charge in [0.2, 0.25) is 0 Å². The van der Waals surface area contributed by atoms with Gasteiger partial charge in [-0.2, -0.15) is 0 Å². The van der Waals surface area contributed by atoms with Gasteiger partial charge in [0, 0.05) is 11.8 Å². The van der Waals surface area contributed by atoms with Crippen molar-refractivity contribution in [2.24, 2.45) is 0 Å². The number of furan rings is 1. The van der Waals surface area contributed by atoms with Crippen molar-refractivity contribution in [3.63, 3.8) is 0 Å². The number of aryl methyl sites for hydroxylation is 3. The molecule has 6 nitrogen and oxygen atoms in total. The molecule has 3 rings (SSSR count). The molecular formula is C21H25NO5. The maximum atomic E-state index is 11.9. The van der Waals surface area contributed by atoms with E-state index >= 15 is 0 Å². The van der Waals surface area contributed by atoms with E-state index < -0.39 is 11.7 Å². The summed E-state index contributed by atoms with van der Waals surface area (Å²) in [6, 6.07) is 7.54. The minimum atomic E-state index is -0.936. The Hall–Kier alpha value is -2.60. The van der Waals surface area contributed by atoms with Crippen molar-refractivity contribution < 1.29 is 23.6 Å². The van der Waals surface area contributed by atoms with Gasteiger partial charge >= 0.3 is 5.97 Å². The normalized spacial score (nSPS) is 13.1. The molecule has 0 fully saturated rings. The molecule has 0 aliphatic heterocycles. The number of carbonyl (C=O) groups is 1. The fraction of sp³-hybridized carbons (Fsp3) is 0.429. The molecule has 0 aliphatic carbocycles. The topological polar surface area (TPSA) is 85.7 Å². The molecular weight excluding hydrogens is 346 g/mol. The lowest BCUT2D eigenvalue weighted by atomic mass is 10.0. The first-order valence-corrected chi connectivity index (χ1v) is 8.99. The molecule has 2 heterocycles. The van der Waals surface area contributed by atoms with Crippen molar-refractivity contribution in [1.29, 1.82) is 0 Å². The molecule has 3 aromatic rings. The van der Waals surface area contributed by atoms with Crippen molar-refractivity contribution in [3.05, 3.63) is 52.6 Å².